The van der Waals surface area contributed by atoms with Crippen molar-refractivity contribution in [2.24, 2.45) is 0 Å². The van der Waals surface area contributed by atoms with Gasteiger partial charge in [-0.1, -0.05) is 18.2 Å². The normalized spacial score (nSPS) is 20.1. The lowest BCUT2D eigenvalue weighted by Gasteiger charge is -2.47. The molecule has 0 radical (unpaired) electrons. The van der Waals surface area contributed by atoms with Gasteiger partial charge in [-0.2, -0.15) is 0 Å². The maximum atomic E-state index is 15.0. The summed E-state index contributed by atoms with van der Waals surface area (Å²) < 4.78 is 25.8. The lowest BCUT2D eigenvalue weighted by molar-refractivity contribution is -0.151. The second-order valence-electron chi connectivity index (χ2n) is 9.07. The Balaban J connectivity index is 1.67. The van der Waals surface area contributed by atoms with Gasteiger partial charge in [-0.25, -0.2) is 4.39 Å². The third kappa shape index (κ3) is 4.46. The Labute approximate surface area is 200 Å². The molecular weight excluding hydrogens is 437 g/mol. The molecule has 2 aromatic carbocycles. The van der Waals surface area contributed by atoms with Crippen molar-refractivity contribution in [2.45, 2.75) is 24.3 Å². The molecule has 0 aromatic heterocycles. The summed E-state index contributed by atoms with van der Waals surface area (Å²) in [6, 6.07) is 13.5. The lowest BCUT2D eigenvalue weighted by atomic mass is 9.72. The van der Waals surface area contributed by atoms with Gasteiger partial charge in [0.05, 0.1) is 12.5 Å². The van der Waals surface area contributed by atoms with Crippen LogP contribution in [-0.2, 0) is 19.7 Å². The van der Waals surface area contributed by atoms with Crippen LogP contribution < -0.4 is 9.64 Å². The number of methoxy groups -OCH3 is 1. The number of nitrogens with zero attached hydrogens (tertiary/aromatic N) is 3. The molecule has 7 nitrogen and oxygen atoms in total. The van der Waals surface area contributed by atoms with Gasteiger partial charge in [-0.3, -0.25) is 9.59 Å². The van der Waals surface area contributed by atoms with Gasteiger partial charge in [-0.15, -0.1) is 0 Å². The number of benzene rings is 2. The molecule has 0 saturated carbocycles. The van der Waals surface area contributed by atoms with Crippen LogP contribution in [0.15, 0.2) is 48.5 Å². The zero-order valence-corrected chi connectivity index (χ0v) is 20.0. The number of halogens is 1. The summed E-state index contributed by atoms with van der Waals surface area (Å²) in [5.74, 6) is 0.00715. The molecule has 1 unspecified atom stereocenters. The van der Waals surface area contributed by atoms with Crippen LogP contribution in [0.4, 0.5) is 10.1 Å². The number of carbonyl (C=O) groups is 2. The molecular formula is C26H32FN3O4. The predicted octanol–water partition coefficient (Wildman–Crippen LogP) is 2.69. The summed E-state index contributed by atoms with van der Waals surface area (Å²) in [5, 5.41) is 0. The molecule has 2 heterocycles. The van der Waals surface area contributed by atoms with E-state index in [2.05, 4.69) is 4.90 Å². The summed E-state index contributed by atoms with van der Waals surface area (Å²) in [5.41, 5.74) is 0.299. The Morgan fingerprint density at radius 1 is 1.06 bits per heavy atom. The van der Waals surface area contributed by atoms with Crippen LogP contribution >= 0.6 is 0 Å². The second kappa shape index (κ2) is 10.0. The Morgan fingerprint density at radius 2 is 1.74 bits per heavy atom. The first-order chi connectivity index (χ1) is 16.4. The van der Waals surface area contributed by atoms with Crippen LogP contribution in [0.25, 0.3) is 0 Å². The van der Waals surface area contributed by atoms with Crippen molar-refractivity contribution in [3.8, 4) is 5.75 Å². The molecule has 8 heteroatoms. The standard InChI is InChI=1S/C26H32FN3O4/c1-28(2)24(31)23-18-29(19-8-10-20(33-3)11-9-19)14-15-30(23)25(32)26(12-16-34-17-13-26)21-6-4-5-7-22(21)27/h4-11,23H,12-18H2,1-3H3. The summed E-state index contributed by atoms with van der Waals surface area (Å²) in [6.07, 6.45) is 0.767. The van der Waals surface area contributed by atoms with Crippen molar-refractivity contribution < 1.29 is 23.5 Å². The molecule has 0 spiro atoms. The van der Waals surface area contributed by atoms with Crippen LogP contribution in [0.2, 0.25) is 0 Å². The average molecular weight is 470 g/mol. The summed E-state index contributed by atoms with van der Waals surface area (Å²) >= 11 is 0. The first-order valence-corrected chi connectivity index (χ1v) is 11.6. The third-order valence-corrected chi connectivity index (χ3v) is 6.95. The number of hydrogen-bond acceptors (Lipinski definition) is 5. The summed E-state index contributed by atoms with van der Waals surface area (Å²) in [7, 11) is 5.00. The molecule has 2 amide bonds. The van der Waals surface area contributed by atoms with Crippen molar-refractivity contribution in [1.82, 2.24) is 9.80 Å². The van der Waals surface area contributed by atoms with Crippen LogP contribution in [0.1, 0.15) is 18.4 Å². The highest BCUT2D eigenvalue weighted by molar-refractivity contribution is 5.94. The number of amides is 2. The van der Waals surface area contributed by atoms with Gasteiger partial charge in [0, 0.05) is 58.2 Å². The number of rotatable bonds is 5. The van der Waals surface area contributed by atoms with E-state index in [1.165, 1.54) is 11.0 Å². The maximum Gasteiger partial charge on any atom is 0.246 e. The fourth-order valence-electron chi connectivity index (χ4n) is 5.01. The Morgan fingerprint density at radius 3 is 2.35 bits per heavy atom. The van der Waals surface area contributed by atoms with Crippen LogP contribution in [0.5, 0.6) is 5.75 Å². The Kier molecular flexibility index (Phi) is 7.07. The van der Waals surface area contributed by atoms with Crippen molar-refractivity contribution in [2.75, 3.05) is 59.0 Å². The minimum absolute atomic E-state index is 0.151. The predicted molar refractivity (Wildman–Crippen MR) is 128 cm³/mol. The third-order valence-electron chi connectivity index (χ3n) is 6.95. The van der Waals surface area contributed by atoms with Gasteiger partial charge in [0.1, 0.15) is 17.6 Å². The fraction of sp³-hybridized carbons (Fsp3) is 0.462. The highest BCUT2D eigenvalue weighted by Gasteiger charge is 2.49. The molecule has 2 aliphatic rings. The highest BCUT2D eigenvalue weighted by atomic mass is 19.1. The molecule has 182 valence electrons. The average Bonchev–Trinajstić information content (AvgIpc) is 2.88. The minimum atomic E-state index is -1.04. The smallest absolute Gasteiger partial charge is 0.246 e. The van der Waals surface area contributed by atoms with E-state index >= 15 is 0 Å². The monoisotopic (exact) mass is 469 g/mol. The van der Waals surface area contributed by atoms with E-state index in [-0.39, 0.29) is 11.8 Å². The first kappa shape index (κ1) is 24.0. The van der Waals surface area contributed by atoms with E-state index in [9.17, 15) is 14.0 Å². The van der Waals surface area contributed by atoms with Gasteiger partial charge in [0.2, 0.25) is 11.8 Å². The second-order valence-corrected chi connectivity index (χ2v) is 9.07. The zero-order chi connectivity index (χ0) is 24.3. The van der Waals surface area contributed by atoms with E-state index in [1.54, 1.807) is 44.3 Å². The van der Waals surface area contributed by atoms with Crippen molar-refractivity contribution in [3.63, 3.8) is 0 Å². The topological polar surface area (TPSA) is 62.3 Å². The minimum Gasteiger partial charge on any atom is -0.497 e. The Hall–Kier alpha value is -3.13. The summed E-state index contributed by atoms with van der Waals surface area (Å²) in [4.78, 5) is 32.7. The molecule has 1 atom stereocenters. The van der Waals surface area contributed by atoms with Crippen LogP contribution in [0, 0.1) is 5.82 Å². The quantitative estimate of drug-likeness (QED) is 0.674. The van der Waals surface area contributed by atoms with Crippen LogP contribution in [0.3, 0.4) is 0 Å². The number of likely N-dealkylation sites (N-methyl/N-ethyl adjacent to an activating group) is 1. The first-order valence-electron chi connectivity index (χ1n) is 11.6. The van der Waals surface area contributed by atoms with E-state index in [4.69, 9.17) is 9.47 Å². The van der Waals surface area contributed by atoms with Gasteiger partial charge in [0.25, 0.3) is 0 Å². The molecule has 2 fully saturated rings. The molecule has 2 aromatic rings. The van der Waals surface area contributed by atoms with Gasteiger partial charge < -0.3 is 24.2 Å². The van der Waals surface area contributed by atoms with Crippen molar-refractivity contribution in [1.29, 1.82) is 0 Å². The van der Waals surface area contributed by atoms with Crippen LogP contribution in [-0.4, -0.2) is 81.7 Å². The molecule has 0 N–H and O–H groups in total. The number of carbonyl (C=O) groups excluding carboxylic acids is 2. The molecule has 2 saturated heterocycles. The van der Waals surface area contributed by atoms with Crippen molar-refractivity contribution >= 4 is 17.5 Å². The molecule has 0 aliphatic carbocycles. The molecule has 34 heavy (non-hydrogen) atoms. The number of ether oxygens (including phenoxy) is 2. The fourth-order valence-corrected chi connectivity index (χ4v) is 5.01. The molecule has 0 bridgehead atoms. The number of hydrogen-bond donors (Lipinski definition) is 0. The molecule has 2 aliphatic heterocycles. The van der Waals surface area contributed by atoms with E-state index in [0.29, 0.717) is 51.3 Å². The summed E-state index contributed by atoms with van der Waals surface area (Å²) in [6.45, 7) is 2.04. The van der Waals surface area contributed by atoms with E-state index in [1.807, 2.05) is 24.3 Å². The van der Waals surface area contributed by atoms with Crippen molar-refractivity contribution in [3.05, 3.63) is 59.9 Å². The van der Waals surface area contributed by atoms with Gasteiger partial charge >= 0.3 is 0 Å². The molecule has 4 rings (SSSR count). The number of piperazine rings is 1. The number of anilines is 1. The SMILES string of the molecule is COc1ccc(N2CCN(C(=O)C3(c4ccccc4F)CCOCC3)C(C(=O)N(C)C)C2)cc1. The lowest BCUT2D eigenvalue weighted by Crippen LogP contribution is -2.64. The highest BCUT2D eigenvalue weighted by Crippen LogP contribution is 2.39. The zero-order valence-electron chi connectivity index (χ0n) is 20.0. The van der Waals surface area contributed by atoms with E-state index in [0.717, 1.165) is 11.4 Å². The van der Waals surface area contributed by atoms with Gasteiger partial charge in [-0.05, 0) is 43.2 Å². The Bertz CT molecular complexity index is 1020. The van der Waals surface area contributed by atoms with E-state index < -0.39 is 17.3 Å². The largest absolute Gasteiger partial charge is 0.497 e. The van der Waals surface area contributed by atoms with Gasteiger partial charge in [0.15, 0.2) is 0 Å². The maximum absolute atomic E-state index is 15.0.